The Hall–Kier alpha value is -3.69. The number of carboxylic acid groups (broad SMARTS) is 1. The lowest BCUT2D eigenvalue weighted by atomic mass is 10.2. The Bertz CT molecular complexity index is 1410. The lowest BCUT2D eigenvalue weighted by Crippen LogP contribution is -2.16. The third-order valence-corrected chi connectivity index (χ3v) is 5.85. The number of halogens is 1. The minimum Gasteiger partial charge on any atom is -0.478 e. The van der Waals surface area contributed by atoms with Crippen molar-refractivity contribution < 1.29 is 18.3 Å². The second-order valence-electron chi connectivity index (χ2n) is 6.48. The molecule has 1 aromatic heterocycles. The largest absolute Gasteiger partial charge is 0.478 e. The molecule has 3 N–H and O–H groups in total. The first-order valence-electron chi connectivity index (χ1n) is 8.97. The molecule has 0 amide bonds. The van der Waals surface area contributed by atoms with E-state index in [4.69, 9.17) is 11.6 Å². The lowest BCUT2D eigenvalue weighted by molar-refractivity contribution is 0.0697. The highest BCUT2D eigenvalue weighted by Gasteiger charge is 2.19. The minimum atomic E-state index is -4.01. The van der Waals surface area contributed by atoms with Crippen molar-refractivity contribution in [1.29, 1.82) is 0 Å². The molecule has 4 aromatic rings. The smallest absolute Gasteiger partial charge is 0.335 e. The van der Waals surface area contributed by atoms with Crippen molar-refractivity contribution in [3.05, 3.63) is 83.4 Å². The number of aromatic nitrogens is 2. The summed E-state index contributed by atoms with van der Waals surface area (Å²) >= 11 is 5.93. The highest BCUT2D eigenvalue weighted by molar-refractivity contribution is 7.92. The van der Waals surface area contributed by atoms with Crippen LogP contribution in [0.25, 0.3) is 11.0 Å². The van der Waals surface area contributed by atoms with Crippen molar-refractivity contribution in [1.82, 2.24) is 9.97 Å². The van der Waals surface area contributed by atoms with E-state index < -0.39 is 16.0 Å². The number of carboxylic acids is 1. The summed E-state index contributed by atoms with van der Waals surface area (Å²) in [6, 6.07) is 18.9. The molecule has 0 radical (unpaired) electrons. The molecule has 31 heavy (non-hydrogen) atoms. The fourth-order valence-corrected chi connectivity index (χ4v) is 4.15. The standard InChI is InChI=1S/C21H15ClN4O4S/c22-14-6-4-8-16(12-14)31(29,30)26-20-19(24-17-9-1-2-10-18(17)25-20)23-15-7-3-5-13(11-15)21(27)28/h1-12H,(H,23,24)(H,25,26)(H,27,28). The number of fused-ring (bicyclic) bond motifs is 1. The van der Waals surface area contributed by atoms with Crippen LogP contribution in [-0.2, 0) is 10.0 Å². The van der Waals surface area contributed by atoms with Crippen molar-refractivity contribution >= 4 is 56.0 Å². The van der Waals surface area contributed by atoms with Crippen LogP contribution in [0.15, 0.2) is 77.7 Å². The van der Waals surface area contributed by atoms with E-state index in [1.165, 1.54) is 30.3 Å². The van der Waals surface area contributed by atoms with Crippen LogP contribution in [0.4, 0.5) is 17.3 Å². The topological polar surface area (TPSA) is 121 Å². The lowest BCUT2D eigenvalue weighted by Gasteiger charge is -2.14. The predicted molar refractivity (Wildman–Crippen MR) is 118 cm³/mol. The Morgan fingerprint density at radius 3 is 2.23 bits per heavy atom. The minimum absolute atomic E-state index is 0.0335. The van der Waals surface area contributed by atoms with Gasteiger partial charge in [0.2, 0.25) is 0 Å². The Morgan fingerprint density at radius 2 is 1.55 bits per heavy atom. The van der Waals surface area contributed by atoms with Crippen LogP contribution in [0, 0.1) is 0 Å². The van der Waals surface area contributed by atoms with Gasteiger partial charge in [0.05, 0.1) is 21.5 Å². The maximum Gasteiger partial charge on any atom is 0.335 e. The average molecular weight is 455 g/mol. The molecule has 156 valence electrons. The number of hydrogen-bond donors (Lipinski definition) is 3. The van der Waals surface area contributed by atoms with E-state index in [0.29, 0.717) is 16.7 Å². The first-order valence-corrected chi connectivity index (χ1v) is 10.8. The molecule has 0 bridgehead atoms. The van der Waals surface area contributed by atoms with Gasteiger partial charge in [0.15, 0.2) is 11.6 Å². The summed E-state index contributed by atoms with van der Waals surface area (Å²) < 4.78 is 28.2. The zero-order chi connectivity index (χ0) is 22.0. The molecule has 8 nitrogen and oxygen atoms in total. The van der Waals surface area contributed by atoms with Gasteiger partial charge in [-0.1, -0.05) is 35.9 Å². The maximum atomic E-state index is 12.9. The number of nitrogens with one attached hydrogen (secondary N) is 2. The number of para-hydroxylation sites is 2. The summed E-state index contributed by atoms with van der Waals surface area (Å²) in [5.41, 5.74) is 1.49. The molecule has 0 spiro atoms. The normalized spacial score (nSPS) is 11.3. The molecule has 0 aliphatic heterocycles. The molecule has 0 atom stereocenters. The Balaban J connectivity index is 1.78. The van der Waals surface area contributed by atoms with Crippen LogP contribution < -0.4 is 10.0 Å². The molecule has 3 aromatic carbocycles. The molecule has 0 aliphatic rings. The molecule has 0 fully saturated rings. The van der Waals surface area contributed by atoms with Crippen molar-refractivity contribution in [3.63, 3.8) is 0 Å². The zero-order valence-electron chi connectivity index (χ0n) is 15.8. The van der Waals surface area contributed by atoms with Gasteiger partial charge in [-0.25, -0.2) is 23.2 Å². The van der Waals surface area contributed by atoms with Gasteiger partial charge in [-0.05, 0) is 48.5 Å². The molecule has 1 heterocycles. The van der Waals surface area contributed by atoms with Gasteiger partial charge in [0.1, 0.15) is 0 Å². The summed E-state index contributed by atoms with van der Waals surface area (Å²) in [6.07, 6.45) is 0. The van der Waals surface area contributed by atoms with Crippen molar-refractivity contribution in [3.8, 4) is 0 Å². The highest BCUT2D eigenvalue weighted by atomic mass is 35.5. The second kappa shape index (κ2) is 8.21. The van der Waals surface area contributed by atoms with Gasteiger partial charge in [-0.2, -0.15) is 0 Å². The van der Waals surface area contributed by atoms with Gasteiger partial charge < -0.3 is 10.4 Å². The van der Waals surface area contributed by atoms with Crippen LogP contribution in [-0.4, -0.2) is 29.5 Å². The van der Waals surface area contributed by atoms with Crippen LogP contribution in [0.3, 0.4) is 0 Å². The number of nitrogens with zero attached hydrogens (tertiary/aromatic N) is 2. The SMILES string of the molecule is O=C(O)c1cccc(Nc2nc3ccccc3nc2NS(=O)(=O)c2cccc(Cl)c2)c1. The van der Waals surface area contributed by atoms with E-state index in [2.05, 4.69) is 20.0 Å². The molecule has 4 rings (SSSR count). The second-order valence-corrected chi connectivity index (χ2v) is 8.60. The van der Waals surface area contributed by atoms with Crippen molar-refractivity contribution in [2.75, 3.05) is 10.0 Å². The number of hydrogen-bond acceptors (Lipinski definition) is 6. The Labute approximate surface area is 182 Å². The molecular weight excluding hydrogens is 440 g/mol. The van der Waals surface area contributed by atoms with Crippen LogP contribution in [0.2, 0.25) is 5.02 Å². The van der Waals surface area contributed by atoms with Crippen molar-refractivity contribution in [2.45, 2.75) is 4.90 Å². The average Bonchev–Trinajstić information content (AvgIpc) is 2.74. The highest BCUT2D eigenvalue weighted by Crippen LogP contribution is 2.28. The van der Waals surface area contributed by atoms with Crippen LogP contribution in [0.5, 0.6) is 0 Å². The van der Waals surface area contributed by atoms with Crippen LogP contribution >= 0.6 is 11.6 Å². The maximum absolute atomic E-state index is 12.9. The van der Waals surface area contributed by atoms with E-state index in [-0.39, 0.29) is 27.1 Å². The van der Waals surface area contributed by atoms with E-state index in [9.17, 15) is 18.3 Å². The first-order chi connectivity index (χ1) is 14.8. The van der Waals surface area contributed by atoms with Gasteiger partial charge in [-0.15, -0.1) is 0 Å². The molecule has 0 aliphatic carbocycles. The Morgan fingerprint density at radius 1 is 0.871 bits per heavy atom. The summed E-state index contributed by atoms with van der Waals surface area (Å²) in [4.78, 5) is 20.1. The van der Waals surface area contributed by atoms with Gasteiger partial charge in [0, 0.05) is 10.7 Å². The Kier molecular flexibility index (Phi) is 5.45. The van der Waals surface area contributed by atoms with E-state index >= 15 is 0 Å². The third kappa shape index (κ3) is 4.57. The molecule has 0 saturated carbocycles. The number of sulfonamides is 1. The van der Waals surface area contributed by atoms with E-state index in [1.54, 1.807) is 42.5 Å². The summed E-state index contributed by atoms with van der Waals surface area (Å²) in [7, 11) is -4.01. The zero-order valence-corrected chi connectivity index (χ0v) is 17.4. The van der Waals surface area contributed by atoms with Gasteiger partial charge >= 0.3 is 5.97 Å². The number of rotatable bonds is 6. The summed E-state index contributed by atoms with van der Waals surface area (Å²) in [6.45, 7) is 0. The molecular formula is C21H15ClN4O4S. The predicted octanol–water partition coefficient (Wildman–Crippen LogP) is 4.53. The van der Waals surface area contributed by atoms with E-state index in [0.717, 1.165) is 0 Å². The fraction of sp³-hybridized carbons (Fsp3) is 0. The number of aromatic carboxylic acids is 1. The van der Waals surface area contributed by atoms with Gasteiger partial charge in [-0.3, -0.25) is 4.72 Å². The monoisotopic (exact) mass is 454 g/mol. The van der Waals surface area contributed by atoms with Gasteiger partial charge in [0.25, 0.3) is 10.0 Å². The summed E-state index contributed by atoms with van der Waals surface area (Å²) in [5.74, 6) is -1.01. The van der Waals surface area contributed by atoms with E-state index in [1.807, 2.05) is 0 Å². The quantitative estimate of drug-likeness (QED) is 0.391. The molecule has 10 heteroatoms. The molecule has 0 saturated heterocycles. The van der Waals surface area contributed by atoms with Crippen LogP contribution in [0.1, 0.15) is 10.4 Å². The molecule has 0 unspecified atom stereocenters. The third-order valence-electron chi connectivity index (χ3n) is 4.28. The van der Waals surface area contributed by atoms with Crippen molar-refractivity contribution in [2.24, 2.45) is 0 Å². The number of benzene rings is 3. The first kappa shape index (κ1) is 20.6. The summed E-state index contributed by atoms with van der Waals surface area (Å²) in [5, 5.41) is 12.4. The fourth-order valence-electron chi connectivity index (χ4n) is 2.85. The number of anilines is 3. The number of carbonyl (C=O) groups is 1.